The number of primary amides is 1. The van der Waals surface area contributed by atoms with Crippen molar-refractivity contribution in [1.82, 2.24) is 16.0 Å². The molecule has 156 valence electrons. The molecule has 5 N–H and O–H groups in total. The molecule has 30 heavy (non-hydrogen) atoms. The van der Waals surface area contributed by atoms with Crippen molar-refractivity contribution in [3.63, 3.8) is 0 Å². The van der Waals surface area contributed by atoms with Crippen LogP contribution in [0.1, 0.15) is 28.4 Å². The molecule has 4 amide bonds. The van der Waals surface area contributed by atoms with Crippen molar-refractivity contribution in [3.8, 4) is 0 Å². The van der Waals surface area contributed by atoms with Crippen molar-refractivity contribution in [2.45, 2.75) is 19.5 Å². The van der Waals surface area contributed by atoms with Gasteiger partial charge < -0.3 is 21.7 Å². The van der Waals surface area contributed by atoms with E-state index in [0.29, 0.717) is 5.56 Å². The van der Waals surface area contributed by atoms with Crippen LogP contribution in [0.3, 0.4) is 0 Å². The zero-order valence-electron chi connectivity index (χ0n) is 16.6. The lowest BCUT2D eigenvalue weighted by Crippen LogP contribution is -2.44. The van der Waals surface area contributed by atoms with E-state index >= 15 is 0 Å². The Hall–Kier alpha value is -3.94. The van der Waals surface area contributed by atoms with Crippen molar-refractivity contribution >= 4 is 29.7 Å². The molecule has 0 saturated heterocycles. The van der Waals surface area contributed by atoms with Crippen molar-refractivity contribution in [2.24, 2.45) is 5.73 Å². The summed E-state index contributed by atoms with van der Waals surface area (Å²) < 4.78 is 0. The first-order valence-corrected chi connectivity index (χ1v) is 9.32. The van der Waals surface area contributed by atoms with Crippen LogP contribution in [0.5, 0.6) is 0 Å². The van der Waals surface area contributed by atoms with Crippen LogP contribution in [0.2, 0.25) is 0 Å². The molecule has 8 nitrogen and oxygen atoms in total. The molecule has 0 spiro atoms. The molecule has 0 heterocycles. The van der Waals surface area contributed by atoms with E-state index < -0.39 is 17.9 Å². The Morgan fingerprint density at radius 3 is 2.27 bits per heavy atom. The fraction of sp³-hybridized carbons (Fsp3) is 0.182. The summed E-state index contributed by atoms with van der Waals surface area (Å²) in [5.74, 6) is -1.74. The second kappa shape index (κ2) is 11.2. The smallest absolute Gasteiger partial charge is 0.251 e. The molecular weight excluding hydrogens is 384 g/mol. The number of hydrogen-bond acceptors (Lipinski definition) is 4. The highest BCUT2D eigenvalue weighted by Gasteiger charge is 2.14. The summed E-state index contributed by atoms with van der Waals surface area (Å²) in [7, 11) is 0. The number of benzene rings is 2. The van der Waals surface area contributed by atoms with Gasteiger partial charge in [-0.3, -0.25) is 19.2 Å². The number of amides is 4. The van der Waals surface area contributed by atoms with Gasteiger partial charge in [-0.2, -0.15) is 0 Å². The Morgan fingerprint density at radius 1 is 0.967 bits per heavy atom. The lowest BCUT2D eigenvalue weighted by Gasteiger charge is -2.13. The van der Waals surface area contributed by atoms with E-state index in [9.17, 15) is 19.2 Å². The summed E-state index contributed by atoms with van der Waals surface area (Å²) in [6.07, 6.45) is 3.04. The van der Waals surface area contributed by atoms with Gasteiger partial charge in [0.05, 0.1) is 6.54 Å². The fourth-order valence-corrected chi connectivity index (χ4v) is 2.45. The number of nitrogens with one attached hydrogen (secondary N) is 3. The highest BCUT2D eigenvalue weighted by Crippen LogP contribution is 2.05. The largest absolute Gasteiger partial charge is 0.368 e. The monoisotopic (exact) mass is 408 g/mol. The van der Waals surface area contributed by atoms with Crippen molar-refractivity contribution < 1.29 is 19.2 Å². The lowest BCUT2D eigenvalue weighted by atomic mass is 10.1. The quantitative estimate of drug-likeness (QED) is 0.456. The van der Waals surface area contributed by atoms with Gasteiger partial charge in [0.2, 0.25) is 17.7 Å². The molecule has 2 rings (SSSR count). The second-order valence-corrected chi connectivity index (χ2v) is 6.54. The summed E-state index contributed by atoms with van der Waals surface area (Å²) in [5, 5.41) is 7.73. The minimum Gasteiger partial charge on any atom is -0.368 e. The molecule has 1 atom stereocenters. The molecule has 0 fully saturated rings. The first kappa shape index (κ1) is 22.4. The Morgan fingerprint density at radius 2 is 1.63 bits per heavy atom. The average Bonchev–Trinajstić information content (AvgIpc) is 2.75. The van der Waals surface area contributed by atoms with Crippen molar-refractivity contribution in [2.75, 3.05) is 6.54 Å². The van der Waals surface area contributed by atoms with Crippen LogP contribution in [0, 0.1) is 0 Å². The van der Waals surface area contributed by atoms with E-state index in [0.717, 1.165) is 11.1 Å². The standard InChI is InChI=1S/C22H24N4O4/c1-15(26-20(28)12-9-16-5-3-2-4-6-16)21(29)24-13-17-7-10-18(11-8-17)22(30)25-14-19(23)27/h2-12,15H,13-14H2,1H3,(H2,23,27)(H,24,29)(H,25,30)(H,26,28). The van der Waals surface area contributed by atoms with Crippen molar-refractivity contribution in [1.29, 1.82) is 0 Å². The van der Waals surface area contributed by atoms with E-state index in [1.165, 1.54) is 6.08 Å². The first-order valence-electron chi connectivity index (χ1n) is 9.32. The van der Waals surface area contributed by atoms with Crippen LogP contribution >= 0.6 is 0 Å². The maximum Gasteiger partial charge on any atom is 0.251 e. The molecule has 0 bridgehead atoms. The Labute approximate surface area is 174 Å². The fourth-order valence-electron chi connectivity index (χ4n) is 2.45. The highest BCUT2D eigenvalue weighted by atomic mass is 16.2. The third-order valence-electron chi connectivity index (χ3n) is 4.08. The highest BCUT2D eigenvalue weighted by molar-refractivity contribution is 5.96. The van der Waals surface area contributed by atoms with Gasteiger partial charge in [-0.1, -0.05) is 42.5 Å². The van der Waals surface area contributed by atoms with Crippen LogP contribution in [-0.4, -0.2) is 36.2 Å². The van der Waals surface area contributed by atoms with Gasteiger partial charge >= 0.3 is 0 Å². The predicted octanol–water partition coefficient (Wildman–Crippen LogP) is 0.736. The molecule has 2 aromatic carbocycles. The summed E-state index contributed by atoms with van der Waals surface area (Å²) in [4.78, 5) is 46.7. The van der Waals surface area contributed by atoms with Crippen LogP contribution < -0.4 is 21.7 Å². The zero-order chi connectivity index (χ0) is 21.9. The number of nitrogens with two attached hydrogens (primary N) is 1. The van der Waals surface area contributed by atoms with E-state index in [2.05, 4.69) is 16.0 Å². The van der Waals surface area contributed by atoms with Crippen LogP contribution in [0.25, 0.3) is 6.08 Å². The molecular formula is C22H24N4O4. The molecule has 2 aromatic rings. The first-order chi connectivity index (χ1) is 14.3. The second-order valence-electron chi connectivity index (χ2n) is 6.54. The normalized spacial score (nSPS) is 11.5. The van der Waals surface area contributed by atoms with Gasteiger partial charge in [0.1, 0.15) is 6.04 Å². The summed E-state index contributed by atoms with van der Waals surface area (Å²) >= 11 is 0. The molecule has 0 aliphatic rings. The molecule has 8 heteroatoms. The summed E-state index contributed by atoms with van der Waals surface area (Å²) in [5.41, 5.74) is 7.02. The minimum absolute atomic E-state index is 0.235. The van der Waals surface area contributed by atoms with Gasteiger partial charge in [-0.25, -0.2) is 0 Å². The SMILES string of the molecule is CC(NC(=O)C=Cc1ccccc1)C(=O)NCc1ccc(C(=O)NCC(N)=O)cc1. The molecule has 1 unspecified atom stereocenters. The summed E-state index contributed by atoms with van der Waals surface area (Å²) in [6.45, 7) is 1.60. The molecule has 0 saturated carbocycles. The maximum atomic E-state index is 12.2. The Kier molecular flexibility index (Phi) is 8.31. The van der Waals surface area contributed by atoms with Gasteiger partial charge in [-0.15, -0.1) is 0 Å². The number of hydrogen-bond donors (Lipinski definition) is 4. The minimum atomic E-state index is -0.711. The van der Waals surface area contributed by atoms with Gasteiger partial charge in [0.25, 0.3) is 5.91 Å². The van der Waals surface area contributed by atoms with E-state index in [1.807, 2.05) is 30.3 Å². The molecule has 0 radical (unpaired) electrons. The van der Waals surface area contributed by atoms with Crippen LogP contribution in [-0.2, 0) is 20.9 Å². The maximum absolute atomic E-state index is 12.2. The molecule has 0 aromatic heterocycles. The third-order valence-corrected chi connectivity index (χ3v) is 4.08. The Balaban J connectivity index is 1.78. The van der Waals surface area contributed by atoms with Gasteiger partial charge in [-0.05, 0) is 36.3 Å². The van der Waals surface area contributed by atoms with Crippen molar-refractivity contribution in [3.05, 3.63) is 77.4 Å². The third kappa shape index (κ3) is 7.59. The van der Waals surface area contributed by atoms with Crippen LogP contribution in [0.15, 0.2) is 60.7 Å². The zero-order valence-corrected chi connectivity index (χ0v) is 16.6. The van der Waals surface area contributed by atoms with Gasteiger partial charge in [0.15, 0.2) is 0 Å². The summed E-state index contributed by atoms with van der Waals surface area (Å²) in [6, 6.07) is 15.2. The predicted molar refractivity (Wildman–Crippen MR) is 113 cm³/mol. The lowest BCUT2D eigenvalue weighted by molar-refractivity contribution is -0.126. The topological polar surface area (TPSA) is 130 Å². The Bertz CT molecular complexity index is 924. The number of rotatable bonds is 9. The van der Waals surface area contributed by atoms with Crippen LogP contribution in [0.4, 0.5) is 0 Å². The van der Waals surface area contributed by atoms with E-state index in [1.54, 1.807) is 37.3 Å². The number of carbonyl (C=O) groups is 4. The van der Waals surface area contributed by atoms with E-state index in [4.69, 9.17) is 5.73 Å². The molecule has 0 aliphatic carbocycles. The average molecular weight is 408 g/mol. The van der Waals surface area contributed by atoms with E-state index in [-0.39, 0.29) is 24.9 Å². The molecule has 0 aliphatic heterocycles. The number of carbonyl (C=O) groups excluding carboxylic acids is 4. The van der Waals surface area contributed by atoms with Gasteiger partial charge in [0, 0.05) is 18.2 Å².